The van der Waals surface area contributed by atoms with Crippen LogP contribution in [0.4, 0.5) is 5.82 Å². The standard InChI is InChI=1S/C10H12N8/c1-2-7(10-12-3-4-13-10)14-8-5-11-6-9-15-16-17-18(8)9/h3-7,14H,2H2,1H3,(H,12,13). The predicted octanol–water partition coefficient (Wildman–Crippen LogP) is 0.806. The second-order valence-electron chi connectivity index (χ2n) is 3.82. The minimum Gasteiger partial charge on any atom is -0.359 e. The van der Waals surface area contributed by atoms with Crippen molar-refractivity contribution in [1.82, 2.24) is 35.0 Å². The molecule has 3 aromatic heterocycles. The molecule has 0 fully saturated rings. The first-order chi connectivity index (χ1) is 8.88. The van der Waals surface area contributed by atoms with Crippen LogP contribution in [0.2, 0.25) is 0 Å². The van der Waals surface area contributed by atoms with Crippen LogP contribution in [0.15, 0.2) is 24.8 Å². The predicted molar refractivity (Wildman–Crippen MR) is 63.8 cm³/mol. The Morgan fingerprint density at radius 1 is 1.44 bits per heavy atom. The summed E-state index contributed by atoms with van der Waals surface area (Å²) >= 11 is 0. The third kappa shape index (κ3) is 1.77. The first-order valence-corrected chi connectivity index (χ1v) is 5.66. The van der Waals surface area contributed by atoms with Gasteiger partial charge in [0.1, 0.15) is 5.82 Å². The van der Waals surface area contributed by atoms with E-state index in [1.54, 1.807) is 29.3 Å². The first-order valence-electron chi connectivity index (χ1n) is 5.66. The topological polar surface area (TPSA) is 96.7 Å². The maximum absolute atomic E-state index is 4.25. The van der Waals surface area contributed by atoms with Gasteiger partial charge in [-0.3, -0.25) is 4.98 Å². The van der Waals surface area contributed by atoms with Crippen LogP contribution < -0.4 is 5.32 Å². The number of aromatic nitrogens is 7. The van der Waals surface area contributed by atoms with E-state index >= 15 is 0 Å². The fraction of sp³-hybridized carbons (Fsp3) is 0.300. The molecular weight excluding hydrogens is 232 g/mol. The number of nitrogens with zero attached hydrogens (tertiary/aromatic N) is 6. The summed E-state index contributed by atoms with van der Waals surface area (Å²) < 4.78 is 1.61. The molecule has 3 aromatic rings. The Morgan fingerprint density at radius 3 is 3.17 bits per heavy atom. The van der Waals surface area contributed by atoms with Crippen molar-refractivity contribution in [3.63, 3.8) is 0 Å². The highest BCUT2D eigenvalue weighted by Gasteiger charge is 2.13. The lowest BCUT2D eigenvalue weighted by Crippen LogP contribution is -2.14. The van der Waals surface area contributed by atoms with Crippen molar-refractivity contribution >= 4 is 11.5 Å². The number of anilines is 1. The second-order valence-corrected chi connectivity index (χ2v) is 3.82. The number of fused-ring (bicyclic) bond motifs is 1. The molecule has 1 unspecified atom stereocenters. The Balaban J connectivity index is 1.93. The summed E-state index contributed by atoms with van der Waals surface area (Å²) in [7, 11) is 0. The molecule has 0 spiro atoms. The van der Waals surface area contributed by atoms with Crippen molar-refractivity contribution < 1.29 is 0 Å². The lowest BCUT2D eigenvalue weighted by molar-refractivity contribution is 0.690. The van der Waals surface area contributed by atoms with Crippen LogP contribution in [0.5, 0.6) is 0 Å². The van der Waals surface area contributed by atoms with Gasteiger partial charge in [0, 0.05) is 12.4 Å². The molecule has 0 saturated heterocycles. The lowest BCUT2D eigenvalue weighted by atomic mass is 10.2. The Kier molecular flexibility index (Phi) is 2.60. The van der Waals surface area contributed by atoms with Crippen molar-refractivity contribution in [3.05, 3.63) is 30.6 Å². The third-order valence-electron chi connectivity index (χ3n) is 2.69. The molecule has 0 saturated carbocycles. The highest BCUT2D eigenvalue weighted by atomic mass is 15.5. The van der Waals surface area contributed by atoms with Gasteiger partial charge in [-0.15, -0.1) is 5.10 Å². The molecule has 8 nitrogen and oxygen atoms in total. The van der Waals surface area contributed by atoms with Crippen LogP contribution in [-0.4, -0.2) is 35.0 Å². The minimum atomic E-state index is 0.0663. The van der Waals surface area contributed by atoms with Gasteiger partial charge in [-0.1, -0.05) is 6.92 Å². The molecule has 0 amide bonds. The lowest BCUT2D eigenvalue weighted by Gasteiger charge is -2.15. The highest BCUT2D eigenvalue weighted by Crippen LogP contribution is 2.18. The molecule has 3 rings (SSSR count). The first kappa shape index (κ1) is 10.6. The number of rotatable bonds is 4. The van der Waals surface area contributed by atoms with Crippen molar-refractivity contribution in [2.75, 3.05) is 5.32 Å². The zero-order valence-corrected chi connectivity index (χ0v) is 9.78. The van der Waals surface area contributed by atoms with Crippen LogP contribution in [0, 0.1) is 0 Å². The van der Waals surface area contributed by atoms with E-state index in [0.29, 0.717) is 5.65 Å². The molecule has 92 valence electrons. The van der Waals surface area contributed by atoms with E-state index in [1.807, 2.05) is 0 Å². The summed E-state index contributed by atoms with van der Waals surface area (Å²) in [6, 6.07) is 0.0663. The van der Waals surface area contributed by atoms with Gasteiger partial charge in [0.25, 0.3) is 0 Å². The van der Waals surface area contributed by atoms with Crippen LogP contribution >= 0.6 is 0 Å². The van der Waals surface area contributed by atoms with Gasteiger partial charge in [0.15, 0.2) is 11.5 Å². The van der Waals surface area contributed by atoms with Gasteiger partial charge in [-0.05, 0) is 16.8 Å². The number of tetrazole rings is 1. The van der Waals surface area contributed by atoms with Gasteiger partial charge in [0.05, 0.1) is 18.4 Å². The minimum absolute atomic E-state index is 0.0663. The van der Waals surface area contributed by atoms with E-state index in [4.69, 9.17) is 0 Å². The second kappa shape index (κ2) is 4.40. The van der Waals surface area contributed by atoms with Gasteiger partial charge < -0.3 is 10.3 Å². The monoisotopic (exact) mass is 244 g/mol. The number of nitrogens with one attached hydrogen (secondary N) is 2. The van der Waals surface area contributed by atoms with Crippen molar-refractivity contribution in [2.45, 2.75) is 19.4 Å². The number of aromatic amines is 1. The maximum atomic E-state index is 4.25. The largest absolute Gasteiger partial charge is 0.359 e. The number of imidazole rings is 1. The SMILES string of the molecule is CCC(Nc1cncc2nnnn12)c1ncc[nH]1. The van der Waals surface area contributed by atoms with Crippen molar-refractivity contribution in [3.8, 4) is 0 Å². The molecule has 0 bridgehead atoms. The molecule has 0 aliphatic carbocycles. The van der Waals surface area contributed by atoms with E-state index in [2.05, 4.69) is 42.7 Å². The smallest absolute Gasteiger partial charge is 0.199 e. The van der Waals surface area contributed by atoms with E-state index in [-0.39, 0.29) is 6.04 Å². The summed E-state index contributed by atoms with van der Waals surface area (Å²) in [5.41, 5.74) is 0.606. The summed E-state index contributed by atoms with van der Waals surface area (Å²) in [5.74, 6) is 1.61. The molecule has 0 aliphatic heterocycles. The zero-order valence-electron chi connectivity index (χ0n) is 9.78. The quantitative estimate of drug-likeness (QED) is 0.704. The Hall–Kier alpha value is -2.51. The summed E-state index contributed by atoms with van der Waals surface area (Å²) in [4.78, 5) is 11.4. The Morgan fingerprint density at radius 2 is 2.39 bits per heavy atom. The van der Waals surface area contributed by atoms with Gasteiger partial charge in [0.2, 0.25) is 0 Å². The summed E-state index contributed by atoms with van der Waals surface area (Å²) in [6.45, 7) is 2.08. The van der Waals surface area contributed by atoms with E-state index in [9.17, 15) is 0 Å². The average Bonchev–Trinajstić information content (AvgIpc) is 3.06. The van der Waals surface area contributed by atoms with E-state index < -0.39 is 0 Å². The van der Waals surface area contributed by atoms with E-state index in [0.717, 1.165) is 18.1 Å². The fourth-order valence-electron chi connectivity index (χ4n) is 1.78. The van der Waals surface area contributed by atoms with Crippen LogP contribution in [0.25, 0.3) is 5.65 Å². The van der Waals surface area contributed by atoms with Gasteiger partial charge in [-0.2, -0.15) is 4.52 Å². The molecule has 1 atom stereocenters. The number of hydrogen-bond acceptors (Lipinski definition) is 6. The molecule has 18 heavy (non-hydrogen) atoms. The molecule has 0 radical (unpaired) electrons. The van der Waals surface area contributed by atoms with Crippen LogP contribution in [0.1, 0.15) is 25.2 Å². The Labute approximate surface area is 102 Å². The van der Waals surface area contributed by atoms with Crippen molar-refractivity contribution in [1.29, 1.82) is 0 Å². The van der Waals surface area contributed by atoms with Crippen LogP contribution in [-0.2, 0) is 0 Å². The average molecular weight is 244 g/mol. The molecule has 3 heterocycles. The summed E-state index contributed by atoms with van der Waals surface area (Å²) in [5, 5.41) is 14.7. The zero-order chi connectivity index (χ0) is 12.4. The number of H-pyrrole nitrogens is 1. The van der Waals surface area contributed by atoms with E-state index in [1.165, 1.54) is 0 Å². The third-order valence-corrected chi connectivity index (χ3v) is 2.69. The number of hydrogen-bond donors (Lipinski definition) is 2. The highest BCUT2D eigenvalue weighted by molar-refractivity contribution is 5.44. The van der Waals surface area contributed by atoms with Crippen molar-refractivity contribution in [2.24, 2.45) is 0 Å². The van der Waals surface area contributed by atoms with Gasteiger partial charge in [-0.25, -0.2) is 4.98 Å². The molecular formula is C10H12N8. The summed E-state index contributed by atoms with van der Waals surface area (Å²) in [6.07, 6.45) is 7.71. The molecule has 0 aliphatic rings. The van der Waals surface area contributed by atoms with Gasteiger partial charge >= 0.3 is 0 Å². The molecule has 0 aromatic carbocycles. The molecule has 2 N–H and O–H groups in total. The fourth-order valence-corrected chi connectivity index (χ4v) is 1.78. The van der Waals surface area contributed by atoms with Crippen LogP contribution in [0.3, 0.4) is 0 Å². The Bertz CT molecular complexity index is 628. The maximum Gasteiger partial charge on any atom is 0.199 e. The normalized spacial score (nSPS) is 12.7. The molecule has 8 heteroatoms.